The van der Waals surface area contributed by atoms with E-state index in [1.165, 1.54) is 0 Å². The zero-order valence-electron chi connectivity index (χ0n) is 20.9. The minimum absolute atomic E-state index is 0.0634. The number of halogens is 3. The second kappa shape index (κ2) is 14.0. The normalized spacial score (nSPS) is 11.0. The molecule has 0 saturated heterocycles. The lowest BCUT2D eigenvalue weighted by Crippen LogP contribution is -2.30. The fraction of sp³-hybridized carbons (Fsp3) is 0.360. The predicted molar refractivity (Wildman–Crippen MR) is 135 cm³/mol. The Morgan fingerprint density at radius 3 is 2.19 bits per heavy atom. The first-order valence-corrected chi connectivity index (χ1v) is 11.7. The molecule has 0 bridgehead atoms. The maximum atomic E-state index is 12.6. The zero-order valence-corrected chi connectivity index (χ0v) is 20.9. The number of amides is 1. The van der Waals surface area contributed by atoms with Gasteiger partial charge in [-0.2, -0.15) is 13.2 Å². The van der Waals surface area contributed by atoms with E-state index < -0.39 is 12.1 Å². The number of carboxylic acids is 1. The van der Waals surface area contributed by atoms with Gasteiger partial charge in [-0.05, 0) is 44.3 Å². The van der Waals surface area contributed by atoms with Gasteiger partial charge in [0.2, 0.25) is 5.95 Å². The SMILES string of the molecule is CCN(CC)CCCNC(=O)c1cc(-c2cnc(Nc3ccccc3)nc2)cn1C.O=C(O)C(F)(F)F. The molecule has 1 aromatic carbocycles. The fourth-order valence-corrected chi connectivity index (χ4v) is 3.28. The first-order valence-electron chi connectivity index (χ1n) is 11.7. The van der Waals surface area contributed by atoms with Crippen molar-refractivity contribution in [2.45, 2.75) is 26.4 Å². The molecular weight excluding hydrogens is 489 g/mol. The van der Waals surface area contributed by atoms with Crippen molar-refractivity contribution in [2.75, 3.05) is 31.5 Å². The number of carboxylic acid groups (broad SMARTS) is 1. The summed E-state index contributed by atoms with van der Waals surface area (Å²) in [4.78, 5) is 32.6. The van der Waals surface area contributed by atoms with Crippen LogP contribution in [0.5, 0.6) is 0 Å². The molecule has 0 aliphatic heterocycles. The highest BCUT2D eigenvalue weighted by Gasteiger charge is 2.38. The van der Waals surface area contributed by atoms with Crippen molar-refractivity contribution in [1.29, 1.82) is 0 Å². The van der Waals surface area contributed by atoms with Crippen LogP contribution in [-0.4, -0.2) is 68.8 Å². The van der Waals surface area contributed by atoms with Crippen LogP contribution in [0, 0.1) is 0 Å². The van der Waals surface area contributed by atoms with Crippen LogP contribution in [0.25, 0.3) is 11.1 Å². The Kier molecular flexibility index (Phi) is 11.1. The number of aliphatic carboxylic acids is 1. The maximum absolute atomic E-state index is 12.6. The molecule has 0 radical (unpaired) electrons. The number of anilines is 2. The first-order chi connectivity index (χ1) is 17.5. The number of rotatable bonds is 10. The Labute approximate surface area is 213 Å². The van der Waals surface area contributed by atoms with E-state index in [0.717, 1.165) is 42.9 Å². The number of hydrogen-bond donors (Lipinski definition) is 3. The van der Waals surface area contributed by atoms with Gasteiger partial charge >= 0.3 is 12.1 Å². The number of hydrogen-bond acceptors (Lipinski definition) is 6. The molecule has 2 aromatic heterocycles. The molecule has 0 fully saturated rings. The summed E-state index contributed by atoms with van der Waals surface area (Å²) in [5, 5.41) is 13.3. The molecule has 37 heavy (non-hydrogen) atoms. The number of nitrogens with one attached hydrogen (secondary N) is 2. The molecule has 12 heteroatoms. The van der Waals surface area contributed by atoms with Gasteiger partial charge in [0, 0.05) is 49.0 Å². The molecule has 0 aliphatic carbocycles. The monoisotopic (exact) mass is 520 g/mol. The number of aryl methyl sites for hydroxylation is 1. The van der Waals surface area contributed by atoms with Gasteiger partial charge in [-0.25, -0.2) is 14.8 Å². The molecule has 0 spiro atoms. The number of para-hydroxylation sites is 1. The number of carbonyl (C=O) groups excluding carboxylic acids is 1. The van der Waals surface area contributed by atoms with E-state index in [9.17, 15) is 18.0 Å². The van der Waals surface area contributed by atoms with Crippen LogP contribution in [0.3, 0.4) is 0 Å². The fourth-order valence-electron chi connectivity index (χ4n) is 3.28. The van der Waals surface area contributed by atoms with Crippen LogP contribution < -0.4 is 10.6 Å². The summed E-state index contributed by atoms with van der Waals surface area (Å²) >= 11 is 0. The minimum atomic E-state index is -5.08. The van der Waals surface area contributed by atoms with Gasteiger partial charge in [0.15, 0.2) is 0 Å². The van der Waals surface area contributed by atoms with Crippen LogP contribution >= 0.6 is 0 Å². The van der Waals surface area contributed by atoms with Gasteiger partial charge in [0.05, 0.1) is 0 Å². The molecule has 0 atom stereocenters. The predicted octanol–water partition coefficient (Wildman–Crippen LogP) is 4.32. The molecule has 0 aliphatic rings. The maximum Gasteiger partial charge on any atom is 0.490 e. The smallest absolute Gasteiger partial charge is 0.475 e. The quantitative estimate of drug-likeness (QED) is 0.341. The molecule has 9 nitrogen and oxygen atoms in total. The number of carbonyl (C=O) groups is 2. The highest BCUT2D eigenvalue weighted by atomic mass is 19.4. The highest BCUT2D eigenvalue weighted by molar-refractivity contribution is 5.94. The van der Waals surface area contributed by atoms with Crippen molar-refractivity contribution >= 4 is 23.5 Å². The van der Waals surface area contributed by atoms with E-state index in [-0.39, 0.29) is 5.91 Å². The van der Waals surface area contributed by atoms with E-state index >= 15 is 0 Å². The molecule has 3 N–H and O–H groups in total. The van der Waals surface area contributed by atoms with Gasteiger partial charge in [-0.15, -0.1) is 0 Å². The van der Waals surface area contributed by atoms with Gasteiger partial charge in [0.1, 0.15) is 5.69 Å². The molecule has 200 valence electrons. The minimum Gasteiger partial charge on any atom is -0.475 e. The number of nitrogens with zero attached hydrogens (tertiary/aromatic N) is 4. The number of aromatic nitrogens is 3. The Morgan fingerprint density at radius 2 is 1.65 bits per heavy atom. The van der Waals surface area contributed by atoms with E-state index in [1.807, 2.05) is 54.2 Å². The van der Waals surface area contributed by atoms with Crippen molar-refractivity contribution in [1.82, 2.24) is 24.8 Å². The Bertz CT molecular complexity index is 1130. The van der Waals surface area contributed by atoms with Crippen LogP contribution in [-0.2, 0) is 11.8 Å². The van der Waals surface area contributed by atoms with Gasteiger partial charge in [-0.1, -0.05) is 32.0 Å². The van der Waals surface area contributed by atoms with Gasteiger partial charge in [-0.3, -0.25) is 4.79 Å². The summed E-state index contributed by atoms with van der Waals surface area (Å²) in [7, 11) is 1.88. The second-order valence-electron chi connectivity index (χ2n) is 7.95. The van der Waals surface area contributed by atoms with Crippen molar-refractivity contribution in [3.8, 4) is 11.1 Å². The molecule has 3 rings (SSSR count). The Balaban J connectivity index is 0.000000604. The topological polar surface area (TPSA) is 112 Å². The van der Waals surface area contributed by atoms with E-state index in [4.69, 9.17) is 9.90 Å². The first kappa shape index (κ1) is 29.3. The third-order valence-corrected chi connectivity index (χ3v) is 5.33. The molecule has 2 heterocycles. The van der Waals surface area contributed by atoms with Crippen LogP contribution in [0.2, 0.25) is 0 Å². The molecular formula is C25H31F3N6O3. The average molecular weight is 521 g/mol. The number of benzene rings is 1. The van der Waals surface area contributed by atoms with Crippen LogP contribution in [0.1, 0.15) is 30.8 Å². The Morgan fingerprint density at radius 1 is 1.05 bits per heavy atom. The summed E-state index contributed by atoms with van der Waals surface area (Å²) in [5.74, 6) is -2.29. The largest absolute Gasteiger partial charge is 0.490 e. The summed E-state index contributed by atoms with van der Waals surface area (Å²) in [6.45, 7) is 8.04. The van der Waals surface area contributed by atoms with Crippen LogP contribution in [0.15, 0.2) is 55.0 Å². The molecule has 0 unspecified atom stereocenters. The second-order valence-corrected chi connectivity index (χ2v) is 7.95. The lowest BCUT2D eigenvalue weighted by molar-refractivity contribution is -0.192. The van der Waals surface area contributed by atoms with E-state index in [0.29, 0.717) is 18.2 Å². The van der Waals surface area contributed by atoms with E-state index in [2.05, 4.69) is 39.3 Å². The van der Waals surface area contributed by atoms with E-state index in [1.54, 1.807) is 12.4 Å². The third kappa shape index (κ3) is 9.56. The van der Waals surface area contributed by atoms with Crippen molar-refractivity contribution in [3.05, 3.63) is 60.7 Å². The highest BCUT2D eigenvalue weighted by Crippen LogP contribution is 2.22. The van der Waals surface area contributed by atoms with Crippen LogP contribution in [0.4, 0.5) is 24.8 Å². The lowest BCUT2D eigenvalue weighted by Gasteiger charge is -2.17. The van der Waals surface area contributed by atoms with Crippen molar-refractivity contribution < 1.29 is 27.9 Å². The summed E-state index contributed by atoms with van der Waals surface area (Å²) in [6.07, 6.45) is 1.31. The third-order valence-electron chi connectivity index (χ3n) is 5.33. The summed E-state index contributed by atoms with van der Waals surface area (Å²) in [5.41, 5.74) is 3.34. The van der Waals surface area contributed by atoms with Gasteiger partial charge < -0.3 is 25.2 Å². The lowest BCUT2D eigenvalue weighted by atomic mass is 10.2. The zero-order chi connectivity index (χ0) is 27.4. The standard InChI is InChI=1S/C23H30N6O.C2HF3O2/c1-4-29(5-2)13-9-12-24-22(30)21-14-18(17-28(21)3)19-15-25-23(26-16-19)27-20-10-7-6-8-11-20;3-2(4,5)1(6)7/h6-8,10-11,14-17H,4-5,9,12-13H2,1-3H3,(H,24,30)(H,25,26,27);(H,6,7). The number of alkyl halides is 3. The van der Waals surface area contributed by atoms with Crippen molar-refractivity contribution in [2.24, 2.45) is 7.05 Å². The molecule has 1 amide bonds. The Hall–Kier alpha value is -3.93. The molecule has 3 aromatic rings. The molecule has 0 saturated carbocycles. The van der Waals surface area contributed by atoms with Gasteiger partial charge in [0.25, 0.3) is 5.91 Å². The average Bonchev–Trinajstić information content (AvgIpc) is 3.26. The van der Waals surface area contributed by atoms with Crippen molar-refractivity contribution in [3.63, 3.8) is 0 Å². The summed E-state index contributed by atoms with van der Waals surface area (Å²) in [6, 6.07) is 11.7. The summed E-state index contributed by atoms with van der Waals surface area (Å²) < 4.78 is 33.6.